The molecular weight excluding hydrogens is 308 g/mol. The standard InChI is InChI=1S/C17H14N4O3/c1-23-11-2-3-14-12(8-11)13(9-15(22)19-14)17-20-16(21-24-17)10-4-6-18-7-5-10/h2-8,13H,9H2,1H3,(H,19,22)/t13-/m1/s1. The third-order valence-corrected chi connectivity index (χ3v) is 3.98. The van der Waals surface area contributed by atoms with Crippen LogP contribution in [-0.2, 0) is 4.79 Å². The number of pyridine rings is 1. The van der Waals surface area contributed by atoms with Gasteiger partial charge in [-0.25, -0.2) is 0 Å². The Bertz CT molecular complexity index is 892. The van der Waals surface area contributed by atoms with E-state index in [1.54, 1.807) is 37.7 Å². The lowest BCUT2D eigenvalue weighted by Crippen LogP contribution is -2.23. The van der Waals surface area contributed by atoms with Crippen LogP contribution in [0.5, 0.6) is 5.75 Å². The summed E-state index contributed by atoms with van der Waals surface area (Å²) in [4.78, 5) is 20.4. The third-order valence-electron chi connectivity index (χ3n) is 3.98. The second-order valence-corrected chi connectivity index (χ2v) is 5.45. The van der Waals surface area contributed by atoms with Crippen LogP contribution in [0.15, 0.2) is 47.2 Å². The number of nitrogens with one attached hydrogen (secondary N) is 1. The number of benzene rings is 1. The highest BCUT2D eigenvalue weighted by Crippen LogP contribution is 2.38. The lowest BCUT2D eigenvalue weighted by molar-refractivity contribution is -0.116. The predicted molar refractivity (Wildman–Crippen MR) is 85.6 cm³/mol. The summed E-state index contributed by atoms with van der Waals surface area (Å²) in [6, 6.07) is 9.12. The van der Waals surface area contributed by atoms with Gasteiger partial charge in [-0.1, -0.05) is 5.16 Å². The lowest BCUT2D eigenvalue weighted by atomic mass is 9.90. The largest absolute Gasteiger partial charge is 0.497 e. The van der Waals surface area contributed by atoms with Gasteiger partial charge >= 0.3 is 0 Å². The lowest BCUT2D eigenvalue weighted by Gasteiger charge is -2.23. The fourth-order valence-electron chi connectivity index (χ4n) is 2.78. The first kappa shape index (κ1) is 14.4. The molecule has 0 unspecified atom stereocenters. The van der Waals surface area contributed by atoms with Gasteiger partial charge in [-0.2, -0.15) is 4.98 Å². The molecule has 1 aliphatic rings. The molecule has 2 aromatic heterocycles. The number of hydrogen-bond acceptors (Lipinski definition) is 6. The second kappa shape index (κ2) is 5.77. The van der Waals surface area contributed by atoms with Crippen LogP contribution in [0.25, 0.3) is 11.4 Å². The first-order valence-electron chi connectivity index (χ1n) is 7.46. The zero-order valence-electron chi connectivity index (χ0n) is 12.9. The number of anilines is 1. The molecule has 0 bridgehead atoms. The van der Waals surface area contributed by atoms with Gasteiger partial charge in [0.05, 0.1) is 13.0 Å². The molecule has 0 fully saturated rings. The summed E-state index contributed by atoms with van der Waals surface area (Å²) >= 11 is 0. The van der Waals surface area contributed by atoms with Crippen molar-refractivity contribution < 1.29 is 14.1 Å². The Hall–Kier alpha value is -3.22. The Kier molecular flexibility index (Phi) is 3.45. The quantitative estimate of drug-likeness (QED) is 0.797. The summed E-state index contributed by atoms with van der Waals surface area (Å²) in [6.07, 6.45) is 3.58. The Morgan fingerprint density at radius 1 is 1.25 bits per heavy atom. The summed E-state index contributed by atoms with van der Waals surface area (Å²) in [5.41, 5.74) is 2.45. The van der Waals surface area contributed by atoms with Crippen molar-refractivity contribution >= 4 is 11.6 Å². The van der Waals surface area contributed by atoms with Gasteiger partial charge in [0.15, 0.2) is 0 Å². The first-order chi connectivity index (χ1) is 11.7. The number of amides is 1. The predicted octanol–water partition coefficient (Wildman–Crippen LogP) is 2.61. The second-order valence-electron chi connectivity index (χ2n) is 5.45. The van der Waals surface area contributed by atoms with Gasteiger partial charge in [-0.3, -0.25) is 9.78 Å². The summed E-state index contributed by atoms with van der Waals surface area (Å²) in [6.45, 7) is 0. The Morgan fingerprint density at radius 3 is 2.88 bits per heavy atom. The van der Waals surface area contributed by atoms with E-state index in [4.69, 9.17) is 9.26 Å². The van der Waals surface area contributed by atoms with Crippen LogP contribution in [0.1, 0.15) is 23.8 Å². The van der Waals surface area contributed by atoms with Gasteiger partial charge in [0.25, 0.3) is 0 Å². The Balaban J connectivity index is 1.75. The van der Waals surface area contributed by atoms with E-state index in [1.165, 1.54) is 0 Å². The summed E-state index contributed by atoms with van der Waals surface area (Å²) in [5, 5.41) is 6.88. The Morgan fingerprint density at radius 2 is 2.08 bits per heavy atom. The van der Waals surface area contributed by atoms with Gasteiger partial charge in [0.2, 0.25) is 17.6 Å². The van der Waals surface area contributed by atoms with Crippen molar-refractivity contribution in [3.05, 3.63) is 54.2 Å². The first-order valence-corrected chi connectivity index (χ1v) is 7.46. The molecule has 3 aromatic rings. The molecule has 7 heteroatoms. The molecule has 1 aromatic carbocycles. The van der Waals surface area contributed by atoms with E-state index in [-0.39, 0.29) is 18.2 Å². The highest BCUT2D eigenvalue weighted by atomic mass is 16.5. The summed E-state index contributed by atoms with van der Waals surface area (Å²) in [5.74, 6) is 1.21. The van der Waals surface area contributed by atoms with E-state index >= 15 is 0 Å². The molecule has 0 saturated carbocycles. The van der Waals surface area contributed by atoms with Crippen LogP contribution in [0, 0.1) is 0 Å². The van der Waals surface area contributed by atoms with Crippen molar-refractivity contribution in [3.63, 3.8) is 0 Å². The molecule has 1 atom stereocenters. The Labute approximate surface area is 137 Å². The van der Waals surface area contributed by atoms with Crippen LogP contribution >= 0.6 is 0 Å². The molecule has 24 heavy (non-hydrogen) atoms. The van der Waals surface area contributed by atoms with Crippen LogP contribution in [-0.4, -0.2) is 28.1 Å². The number of carbonyl (C=O) groups is 1. The topological polar surface area (TPSA) is 90.1 Å². The van der Waals surface area contributed by atoms with Gasteiger partial charge in [0.1, 0.15) is 5.75 Å². The normalized spacial score (nSPS) is 16.4. The van der Waals surface area contributed by atoms with Crippen LogP contribution in [0.3, 0.4) is 0 Å². The monoisotopic (exact) mass is 322 g/mol. The van der Waals surface area contributed by atoms with Crippen molar-refractivity contribution in [3.8, 4) is 17.1 Å². The van der Waals surface area contributed by atoms with Gasteiger partial charge in [0, 0.05) is 30.1 Å². The summed E-state index contributed by atoms with van der Waals surface area (Å²) < 4.78 is 10.7. The number of ether oxygens (including phenoxy) is 1. The third kappa shape index (κ3) is 2.50. The number of hydrogen-bond donors (Lipinski definition) is 1. The van der Waals surface area contributed by atoms with E-state index in [9.17, 15) is 4.79 Å². The number of aromatic nitrogens is 3. The maximum atomic E-state index is 12.0. The smallest absolute Gasteiger partial charge is 0.235 e. The fourth-order valence-corrected chi connectivity index (χ4v) is 2.78. The molecule has 120 valence electrons. The zero-order chi connectivity index (χ0) is 16.5. The number of nitrogens with zero attached hydrogens (tertiary/aromatic N) is 3. The maximum Gasteiger partial charge on any atom is 0.235 e. The highest BCUT2D eigenvalue weighted by molar-refractivity contribution is 5.95. The number of methoxy groups -OCH3 is 1. The molecule has 1 N–H and O–H groups in total. The van der Waals surface area contributed by atoms with Gasteiger partial charge in [-0.05, 0) is 35.9 Å². The highest BCUT2D eigenvalue weighted by Gasteiger charge is 2.31. The minimum atomic E-state index is -0.299. The van der Waals surface area contributed by atoms with Gasteiger partial charge < -0.3 is 14.6 Å². The summed E-state index contributed by atoms with van der Waals surface area (Å²) in [7, 11) is 1.60. The molecular formula is C17H14N4O3. The molecule has 0 radical (unpaired) electrons. The van der Waals surface area contributed by atoms with E-state index in [0.717, 1.165) is 16.8 Å². The molecule has 1 aliphatic heterocycles. The van der Waals surface area contributed by atoms with Crippen molar-refractivity contribution in [1.82, 2.24) is 15.1 Å². The van der Waals surface area contributed by atoms with Crippen molar-refractivity contribution in [2.75, 3.05) is 12.4 Å². The number of carbonyl (C=O) groups excluding carboxylic acids is 1. The maximum absolute atomic E-state index is 12.0. The fraction of sp³-hybridized carbons (Fsp3) is 0.176. The van der Waals surface area contributed by atoms with Crippen LogP contribution in [0.2, 0.25) is 0 Å². The molecule has 0 spiro atoms. The van der Waals surface area contributed by atoms with E-state index in [1.807, 2.05) is 12.1 Å². The van der Waals surface area contributed by atoms with E-state index in [0.29, 0.717) is 17.5 Å². The minimum absolute atomic E-state index is 0.0821. The van der Waals surface area contributed by atoms with Crippen LogP contribution < -0.4 is 10.1 Å². The van der Waals surface area contributed by atoms with Crippen LogP contribution in [0.4, 0.5) is 5.69 Å². The number of fused-ring (bicyclic) bond motifs is 1. The minimum Gasteiger partial charge on any atom is -0.497 e. The molecule has 4 rings (SSSR count). The van der Waals surface area contributed by atoms with Crippen molar-refractivity contribution in [1.29, 1.82) is 0 Å². The molecule has 0 saturated heterocycles. The number of rotatable bonds is 3. The average molecular weight is 322 g/mol. The van der Waals surface area contributed by atoms with Crippen molar-refractivity contribution in [2.45, 2.75) is 12.3 Å². The average Bonchev–Trinajstić information content (AvgIpc) is 3.11. The van der Waals surface area contributed by atoms with Crippen molar-refractivity contribution in [2.24, 2.45) is 0 Å². The van der Waals surface area contributed by atoms with E-state index in [2.05, 4.69) is 20.4 Å². The molecule has 0 aliphatic carbocycles. The molecule has 3 heterocycles. The van der Waals surface area contributed by atoms with Gasteiger partial charge in [-0.15, -0.1) is 0 Å². The molecule has 7 nitrogen and oxygen atoms in total. The SMILES string of the molecule is COc1ccc2c(c1)[C@H](c1nc(-c3ccncc3)no1)CC(=O)N2. The molecule has 1 amide bonds. The zero-order valence-corrected chi connectivity index (χ0v) is 12.9. The van der Waals surface area contributed by atoms with E-state index < -0.39 is 0 Å².